The van der Waals surface area contributed by atoms with Gasteiger partial charge in [0.15, 0.2) is 0 Å². The lowest BCUT2D eigenvalue weighted by molar-refractivity contribution is 0.400. The molecule has 0 aromatic heterocycles. The van der Waals surface area contributed by atoms with E-state index in [4.69, 9.17) is 15.2 Å². The Labute approximate surface area is 90.6 Å². The van der Waals surface area contributed by atoms with Crippen molar-refractivity contribution in [2.24, 2.45) is 5.73 Å². The van der Waals surface area contributed by atoms with Crippen LogP contribution < -0.4 is 20.1 Å². The standard InChI is InChI=1S/C11H18N2O2/c1-8-5-11(15-4)9(13(2)7-12)6-10(8)14-3/h5-6H,7,12H2,1-4H3. The van der Waals surface area contributed by atoms with E-state index in [9.17, 15) is 0 Å². The summed E-state index contributed by atoms with van der Waals surface area (Å²) in [4.78, 5) is 1.90. The Morgan fingerprint density at radius 2 is 1.80 bits per heavy atom. The third-order valence-electron chi connectivity index (χ3n) is 2.38. The first-order chi connectivity index (χ1) is 7.13. The van der Waals surface area contributed by atoms with Crippen molar-refractivity contribution in [3.8, 4) is 11.5 Å². The van der Waals surface area contributed by atoms with Crippen LogP contribution in [0.2, 0.25) is 0 Å². The van der Waals surface area contributed by atoms with Crippen LogP contribution in [0.1, 0.15) is 5.56 Å². The van der Waals surface area contributed by atoms with Gasteiger partial charge in [-0.15, -0.1) is 0 Å². The predicted molar refractivity (Wildman–Crippen MR) is 61.7 cm³/mol. The molecule has 0 bridgehead atoms. The maximum atomic E-state index is 5.59. The lowest BCUT2D eigenvalue weighted by atomic mass is 10.1. The second kappa shape index (κ2) is 4.89. The van der Waals surface area contributed by atoms with Gasteiger partial charge in [0.2, 0.25) is 0 Å². The summed E-state index contributed by atoms with van der Waals surface area (Å²) in [7, 11) is 5.21. The van der Waals surface area contributed by atoms with Crippen LogP contribution in [0.25, 0.3) is 0 Å². The van der Waals surface area contributed by atoms with Crippen molar-refractivity contribution in [3.63, 3.8) is 0 Å². The average molecular weight is 210 g/mol. The summed E-state index contributed by atoms with van der Waals surface area (Å²) in [6.45, 7) is 2.41. The van der Waals surface area contributed by atoms with Gasteiger partial charge in [-0.05, 0) is 18.6 Å². The molecule has 0 spiro atoms. The molecule has 0 aliphatic heterocycles. The molecule has 0 saturated carbocycles. The van der Waals surface area contributed by atoms with Gasteiger partial charge in [0.25, 0.3) is 0 Å². The molecule has 0 heterocycles. The Morgan fingerprint density at radius 3 is 2.27 bits per heavy atom. The molecule has 0 unspecified atom stereocenters. The van der Waals surface area contributed by atoms with Crippen molar-refractivity contribution in [2.75, 3.05) is 32.8 Å². The zero-order chi connectivity index (χ0) is 11.4. The largest absolute Gasteiger partial charge is 0.496 e. The highest BCUT2D eigenvalue weighted by atomic mass is 16.5. The van der Waals surface area contributed by atoms with E-state index in [1.54, 1.807) is 14.2 Å². The van der Waals surface area contributed by atoms with Gasteiger partial charge < -0.3 is 20.1 Å². The highest BCUT2D eigenvalue weighted by Crippen LogP contribution is 2.34. The van der Waals surface area contributed by atoms with Crippen molar-refractivity contribution < 1.29 is 9.47 Å². The van der Waals surface area contributed by atoms with E-state index in [1.807, 2.05) is 31.0 Å². The van der Waals surface area contributed by atoms with Crippen LogP contribution in [0.4, 0.5) is 5.69 Å². The monoisotopic (exact) mass is 210 g/mol. The van der Waals surface area contributed by atoms with Gasteiger partial charge in [-0.3, -0.25) is 0 Å². The van der Waals surface area contributed by atoms with Crippen LogP contribution in [-0.4, -0.2) is 27.9 Å². The average Bonchev–Trinajstić information content (AvgIpc) is 2.27. The summed E-state index contributed by atoms with van der Waals surface area (Å²) in [5.74, 6) is 1.65. The van der Waals surface area contributed by atoms with Crippen LogP contribution >= 0.6 is 0 Å². The van der Waals surface area contributed by atoms with Crippen LogP contribution in [-0.2, 0) is 0 Å². The van der Waals surface area contributed by atoms with E-state index in [0.29, 0.717) is 6.67 Å². The molecule has 1 aromatic rings. The summed E-state index contributed by atoms with van der Waals surface area (Å²) in [6.07, 6.45) is 0. The second-order valence-electron chi connectivity index (χ2n) is 3.37. The van der Waals surface area contributed by atoms with Gasteiger partial charge in [-0.1, -0.05) is 0 Å². The number of nitrogens with zero attached hydrogens (tertiary/aromatic N) is 1. The molecule has 0 aliphatic carbocycles. The number of aryl methyl sites for hydroxylation is 1. The maximum Gasteiger partial charge on any atom is 0.142 e. The molecule has 84 valence electrons. The van der Waals surface area contributed by atoms with E-state index in [0.717, 1.165) is 22.7 Å². The highest BCUT2D eigenvalue weighted by molar-refractivity contribution is 5.63. The number of ether oxygens (including phenoxy) is 2. The van der Waals surface area contributed by atoms with Crippen LogP contribution in [0.5, 0.6) is 11.5 Å². The van der Waals surface area contributed by atoms with Gasteiger partial charge in [0.1, 0.15) is 11.5 Å². The molecule has 15 heavy (non-hydrogen) atoms. The number of benzene rings is 1. The Hall–Kier alpha value is -1.42. The normalized spacial score (nSPS) is 9.93. The maximum absolute atomic E-state index is 5.59. The molecule has 1 aromatic carbocycles. The summed E-state index contributed by atoms with van der Waals surface area (Å²) >= 11 is 0. The minimum atomic E-state index is 0.433. The van der Waals surface area contributed by atoms with Crippen LogP contribution in [0.3, 0.4) is 0 Å². The Morgan fingerprint density at radius 1 is 1.20 bits per heavy atom. The van der Waals surface area contributed by atoms with E-state index in [1.165, 1.54) is 0 Å². The Balaban J connectivity index is 3.22. The molecular weight excluding hydrogens is 192 g/mol. The lowest BCUT2D eigenvalue weighted by Crippen LogP contribution is -2.25. The van der Waals surface area contributed by atoms with Gasteiger partial charge >= 0.3 is 0 Å². The second-order valence-corrected chi connectivity index (χ2v) is 3.37. The number of methoxy groups -OCH3 is 2. The molecule has 0 amide bonds. The molecule has 2 N–H and O–H groups in total. The molecule has 0 fully saturated rings. The van der Waals surface area contributed by atoms with Crippen molar-refractivity contribution in [1.29, 1.82) is 0 Å². The first-order valence-electron chi connectivity index (χ1n) is 4.77. The topological polar surface area (TPSA) is 47.7 Å². The van der Waals surface area contributed by atoms with Gasteiger partial charge in [-0.25, -0.2) is 0 Å². The molecule has 4 nitrogen and oxygen atoms in total. The van der Waals surface area contributed by atoms with Crippen molar-refractivity contribution in [1.82, 2.24) is 0 Å². The Bertz CT molecular complexity index is 340. The van der Waals surface area contributed by atoms with Gasteiger partial charge in [-0.2, -0.15) is 0 Å². The smallest absolute Gasteiger partial charge is 0.142 e. The first-order valence-corrected chi connectivity index (χ1v) is 4.77. The Kier molecular flexibility index (Phi) is 3.80. The fourth-order valence-electron chi connectivity index (χ4n) is 1.43. The number of rotatable bonds is 4. The van der Waals surface area contributed by atoms with Crippen LogP contribution in [0, 0.1) is 6.92 Å². The molecule has 1 rings (SSSR count). The highest BCUT2D eigenvalue weighted by Gasteiger charge is 2.11. The molecule has 0 saturated heterocycles. The van der Waals surface area contributed by atoms with Crippen molar-refractivity contribution in [2.45, 2.75) is 6.92 Å². The minimum Gasteiger partial charge on any atom is -0.496 e. The fraction of sp³-hybridized carbons (Fsp3) is 0.455. The van der Waals surface area contributed by atoms with E-state index < -0.39 is 0 Å². The third kappa shape index (κ3) is 2.33. The molecule has 0 atom stereocenters. The third-order valence-corrected chi connectivity index (χ3v) is 2.38. The molecule has 0 radical (unpaired) electrons. The lowest BCUT2D eigenvalue weighted by Gasteiger charge is -2.21. The molecular formula is C11H18N2O2. The zero-order valence-corrected chi connectivity index (χ0v) is 9.70. The number of hydrogen-bond donors (Lipinski definition) is 1. The van der Waals surface area contributed by atoms with Crippen LogP contribution in [0.15, 0.2) is 12.1 Å². The van der Waals surface area contributed by atoms with Gasteiger partial charge in [0, 0.05) is 13.1 Å². The fourth-order valence-corrected chi connectivity index (χ4v) is 1.43. The van der Waals surface area contributed by atoms with E-state index in [2.05, 4.69) is 0 Å². The summed E-state index contributed by atoms with van der Waals surface area (Å²) < 4.78 is 10.6. The van der Waals surface area contributed by atoms with Crippen molar-refractivity contribution in [3.05, 3.63) is 17.7 Å². The number of hydrogen-bond acceptors (Lipinski definition) is 4. The summed E-state index contributed by atoms with van der Waals surface area (Å²) in [6, 6.07) is 3.88. The number of anilines is 1. The quantitative estimate of drug-likeness (QED) is 0.762. The zero-order valence-electron chi connectivity index (χ0n) is 9.70. The number of nitrogens with two attached hydrogens (primary N) is 1. The van der Waals surface area contributed by atoms with Crippen molar-refractivity contribution >= 4 is 5.69 Å². The first kappa shape index (κ1) is 11.7. The van der Waals surface area contributed by atoms with E-state index in [-0.39, 0.29) is 0 Å². The van der Waals surface area contributed by atoms with Gasteiger partial charge in [0.05, 0.1) is 26.6 Å². The minimum absolute atomic E-state index is 0.433. The molecule has 4 heteroatoms. The van der Waals surface area contributed by atoms with E-state index >= 15 is 0 Å². The SMILES string of the molecule is COc1cc(N(C)CN)c(OC)cc1C. The predicted octanol–water partition coefficient (Wildman–Crippen LogP) is 1.36. The molecule has 0 aliphatic rings. The summed E-state index contributed by atoms with van der Waals surface area (Å²) in [5, 5.41) is 0. The summed E-state index contributed by atoms with van der Waals surface area (Å²) in [5.41, 5.74) is 7.56.